The van der Waals surface area contributed by atoms with Crippen LogP contribution in [0.15, 0.2) is 48.5 Å². The Morgan fingerprint density at radius 2 is 1.92 bits per heavy atom. The van der Waals surface area contributed by atoms with Gasteiger partial charge in [-0.05, 0) is 42.5 Å². The van der Waals surface area contributed by atoms with Crippen molar-refractivity contribution >= 4 is 11.9 Å². The van der Waals surface area contributed by atoms with Crippen LogP contribution in [0.1, 0.15) is 67.7 Å². The summed E-state index contributed by atoms with van der Waals surface area (Å²) in [5, 5.41) is 18.3. The second kappa shape index (κ2) is 9.92. The summed E-state index contributed by atoms with van der Waals surface area (Å²) in [6.07, 6.45) is 6.93. The van der Waals surface area contributed by atoms with Crippen molar-refractivity contribution in [1.82, 2.24) is 30.8 Å². The molecule has 38 heavy (non-hydrogen) atoms. The summed E-state index contributed by atoms with van der Waals surface area (Å²) in [7, 11) is 0. The number of rotatable bonds is 7. The minimum absolute atomic E-state index is 0.0350. The molecule has 4 atom stereocenters. The van der Waals surface area contributed by atoms with Gasteiger partial charge >= 0.3 is 0 Å². The van der Waals surface area contributed by atoms with E-state index in [9.17, 15) is 4.79 Å². The molecule has 1 aliphatic carbocycles. The number of hydrazine groups is 1. The van der Waals surface area contributed by atoms with Gasteiger partial charge in [0.15, 0.2) is 11.5 Å². The van der Waals surface area contributed by atoms with Crippen molar-refractivity contribution < 1.29 is 14.3 Å². The highest BCUT2D eigenvalue weighted by Crippen LogP contribution is 2.45. The quantitative estimate of drug-likeness (QED) is 0.440. The predicted octanol–water partition coefficient (Wildman–Crippen LogP) is 3.33. The van der Waals surface area contributed by atoms with E-state index in [2.05, 4.69) is 60.1 Å². The smallest absolute Gasteiger partial charge is 0.243 e. The Bertz CT molecular complexity index is 1310. The third-order valence-corrected chi connectivity index (χ3v) is 8.23. The van der Waals surface area contributed by atoms with Crippen LogP contribution in [0.3, 0.4) is 0 Å². The molecule has 3 aromatic rings. The number of nitrogens with zero attached hydrogens (tertiary/aromatic N) is 4. The van der Waals surface area contributed by atoms with E-state index < -0.39 is 0 Å². The number of nitrogens with one attached hydrogen (secondary N) is 3. The maximum absolute atomic E-state index is 12.6. The van der Waals surface area contributed by atoms with Crippen molar-refractivity contribution in [3.63, 3.8) is 0 Å². The molecule has 4 aliphatic rings. The van der Waals surface area contributed by atoms with Gasteiger partial charge in [-0.1, -0.05) is 49.2 Å². The largest absolute Gasteiger partial charge is 0.454 e. The summed E-state index contributed by atoms with van der Waals surface area (Å²) < 4.78 is 13.1. The molecule has 1 saturated heterocycles. The molecule has 3 aliphatic heterocycles. The SMILES string of the molecule is O=C(CCCc1nnc2n1C1CCCCC1C1NC(c3ccccc3)NN21)NCc1ccc2c(c1)OCO2. The maximum Gasteiger partial charge on any atom is 0.243 e. The number of carbonyl (C=O) groups excluding carboxylic acids is 1. The summed E-state index contributed by atoms with van der Waals surface area (Å²) in [6, 6.07) is 16.6. The molecule has 0 bridgehead atoms. The van der Waals surface area contributed by atoms with Crippen LogP contribution in [-0.4, -0.2) is 33.6 Å². The van der Waals surface area contributed by atoms with Crippen LogP contribution in [0.4, 0.5) is 5.95 Å². The molecule has 4 heterocycles. The van der Waals surface area contributed by atoms with Crippen LogP contribution in [0.25, 0.3) is 0 Å². The van der Waals surface area contributed by atoms with E-state index in [0.717, 1.165) is 48.1 Å². The lowest BCUT2D eigenvalue weighted by Gasteiger charge is -2.44. The maximum atomic E-state index is 12.6. The zero-order valence-corrected chi connectivity index (χ0v) is 21.3. The molecule has 2 fully saturated rings. The van der Waals surface area contributed by atoms with Crippen molar-refractivity contribution in [3.05, 3.63) is 65.5 Å². The standard InChI is InChI=1S/C28H33N7O3/c36-25(29-16-18-13-14-22-23(15-18)38-17-37-22)12-6-11-24-31-32-28-34(24)21-10-5-4-9-20(21)27-30-26(33-35(27)28)19-7-2-1-3-8-19/h1-3,7-8,13-15,20-21,26-27,30,33H,4-6,9-12,16-17H2,(H,29,36). The van der Waals surface area contributed by atoms with Crippen molar-refractivity contribution in [3.8, 4) is 11.5 Å². The van der Waals surface area contributed by atoms with E-state index in [1.807, 2.05) is 24.3 Å². The number of aryl methyl sites for hydroxylation is 1. The molecule has 0 radical (unpaired) electrons. The average Bonchev–Trinajstić information content (AvgIpc) is 3.71. The van der Waals surface area contributed by atoms with E-state index >= 15 is 0 Å². The summed E-state index contributed by atoms with van der Waals surface area (Å²) >= 11 is 0. The van der Waals surface area contributed by atoms with Gasteiger partial charge in [-0.25, -0.2) is 5.43 Å². The Balaban J connectivity index is 1.01. The zero-order chi connectivity index (χ0) is 25.5. The molecule has 10 nitrogen and oxygen atoms in total. The third-order valence-electron chi connectivity index (χ3n) is 8.23. The summed E-state index contributed by atoms with van der Waals surface area (Å²) in [4.78, 5) is 12.6. The Morgan fingerprint density at radius 1 is 1.05 bits per heavy atom. The van der Waals surface area contributed by atoms with Gasteiger partial charge in [0.25, 0.3) is 0 Å². The summed E-state index contributed by atoms with van der Waals surface area (Å²) in [6.45, 7) is 0.717. The minimum Gasteiger partial charge on any atom is -0.454 e. The Labute approximate surface area is 221 Å². The van der Waals surface area contributed by atoms with E-state index in [4.69, 9.17) is 9.47 Å². The predicted molar refractivity (Wildman–Crippen MR) is 140 cm³/mol. The monoisotopic (exact) mass is 515 g/mol. The van der Waals surface area contributed by atoms with Gasteiger partial charge in [-0.3, -0.25) is 19.7 Å². The number of amides is 1. The fourth-order valence-corrected chi connectivity index (χ4v) is 6.38. The molecule has 1 saturated carbocycles. The second-order valence-corrected chi connectivity index (χ2v) is 10.6. The van der Waals surface area contributed by atoms with Gasteiger partial charge in [-0.2, -0.15) is 0 Å². The van der Waals surface area contributed by atoms with Gasteiger partial charge in [0.2, 0.25) is 18.6 Å². The number of carbonyl (C=O) groups is 1. The van der Waals surface area contributed by atoms with Crippen LogP contribution in [0.2, 0.25) is 0 Å². The lowest BCUT2D eigenvalue weighted by Crippen LogP contribution is -2.53. The fraction of sp³-hybridized carbons (Fsp3) is 0.464. The van der Waals surface area contributed by atoms with E-state index in [1.54, 1.807) is 0 Å². The zero-order valence-electron chi connectivity index (χ0n) is 21.3. The number of fused-ring (bicyclic) bond motifs is 7. The fourth-order valence-electron chi connectivity index (χ4n) is 6.38. The normalized spacial score (nSPS) is 25.0. The Kier molecular flexibility index (Phi) is 6.13. The van der Waals surface area contributed by atoms with Gasteiger partial charge < -0.3 is 14.8 Å². The van der Waals surface area contributed by atoms with Crippen LogP contribution in [0, 0.1) is 5.92 Å². The molecule has 0 spiro atoms. The minimum atomic E-state index is 0.0350. The van der Waals surface area contributed by atoms with Crippen molar-refractivity contribution in [2.24, 2.45) is 5.92 Å². The number of aromatic nitrogens is 3. The van der Waals surface area contributed by atoms with Crippen molar-refractivity contribution in [2.45, 2.75) is 69.9 Å². The highest BCUT2D eigenvalue weighted by Gasteiger charge is 2.48. The van der Waals surface area contributed by atoms with Gasteiger partial charge in [0.05, 0.1) is 0 Å². The second-order valence-electron chi connectivity index (χ2n) is 10.6. The number of ether oxygens (including phenoxy) is 2. The lowest BCUT2D eigenvalue weighted by molar-refractivity contribution is -0.121. The molecule has 1 aromatic heterocycles. The van der Waals surface area contributed by atoms with E-state index in [0.29, 0.717) is 24.9 Å². The molecule has 7 rings (SSSR count). The first-order valence-electron chi connectivity index (χ1n) is 13.7. The number of benzene rings is 2. The van der Waals surface area contributed by atoms with Crippen molar-refractivity contribution in [2.75, 3.05) is 11.8 Å². The number of hydrogen-bond donors (Lipinski definition) is 3. The van der Waals surface area contributed by atoms with Crippen LogP contribution >= 0.6 is 0 Å². The molecule has 3 N–H and O–H groups in total. The molecular formula is C28H33N7O3. The molecule has 10 heteroatoms. The van der Waals surface area contributed by atoms with Crippen molar-refractivity contribution in [1.29, 1.82) is 0 Å². The highest BCUT2D eigenvalue weighted by atomic mass is 16.7. The topological polar surface area (TPSA) is 106 Å². The van der Waals surface area contributed by atoms with E-state index in [-0.39, 0.29) is 25.0 Å². The lowest BCUT2D eigenvalue weighted by atomic mass is 9.81. The third kappa shape index (κ3) is 4.27. The molecule has 1 amide bonds. The summed E-state index contributed by atoms with van der Waals surface area (Å²) in [5.74, 6) is 3.85. The average molecular weight is 516 g/mol. The van der Waals surface area contributed by atoms with Gasteiger partial charge in [-0.15, -0.1) is 10.2 Å². The van der Waals surface area contributed by atoms with Crippen LogP contribution in [-0.2, 0) is 17.8 Å². The molecular weight excluding hydrogens is 482 g/mol. The first-order chi connectivity index (χ1) is 18.7. The first-order valence-corrected chi connectivity index (χ1v) is 13.7. The Morgan fingerprint density at radius 3 is 2.84 bits per heavy atom. The van der Waals surface area contributed by atoms with Crippen LogP contribution < -0.4 is 30.5 Å². The van der Waals surface area contributed by atoms with Gasteiger partial charge in [0, 0.05) is 31.3 Å². The Hall–Kier alpha value is -3.63. The summed E-state index contributed by atoms with van der Waals surface area (Å²) in [5.41, 5.74) is 5.86. The number of hydrogen-bond acceptors (Lipinski definition) is 8. The van der Waals surface area contributed by atoms with Gasteiger partial charge in [0.1, 0.15) is 18.2 Å². The van der Waals surface area contributed by atoms with E-state index in [1.165, 1.54) is 24.8 Å². The number of anilines is 1. The molecule has 2 aromatic carbocycles. The molecule has 4 unspecified atom stereocenters. The van der Waals surface area contributed by atoms with Crippen LogP contribution in [0.5, 0.6) is 11.5 Å². The first kappa shape index (κ1) is 23.5. The highest BCUT2D eigenvalue weighted by molar-refractivity contribution is 5.75. The molecule has 198 valence electrons.